The fourth-order valence-corrected chi connectivity index (χ4v) is 1.80. The van der Waals surface area contributed by atoms with E-state index in [2.05, 4.69) is 10.4 Å². The van der Waals surface area contributed by atoms with Crippen molar-refractivity contribution in [3.63, 3.8) is 0 Å². The molecule has 0 aliphatic carbocycles. The molecule has 19 heavy (non-hydrogen) atoms. The number of methoxy groups -OCH3 is 1. The minimum Gasteiger partial charge on any atom is -0.481 e. The number of carbonyl (C=O) groups excluding carboxylic acids is 1. The molecule has 0 saturated heterocycles. The highest BCUT2D eigenvalue weighted by atomic mass is 16.5. The quantitative estimate of drug-likeness (QED) is 0.729. The van der Waals surface area contributed by atoms with Crippen molar-refractivity contribution in [1.29, 1.82) is 0 Å². The fraction of sp³-hybridized carbons (Fsp3) is 0.583. The van der Waals surface area contributed by atoms with Gasteiger partial charge in [0.1, 0.15) is 5.92 Å². The van der Waals surface area contributed by atoms with Gasteiger partial charge in [0, 0.05) is 19.8 Å². The van der Waals surface area contributed by atoms with E-state index in [1.165, 1.54) is 7.11 Å². The van der Waals surface area contributed by atoms with E-state index in [0.29, 0.717) is 11.4 Å². The SMILES string of the molecule is COc1nn(C)cc1CNC(=O)C(C(=O)O)C(C)C. The van der Waals surface area contributed by atoms with E-state index >= 15 is 0 Å². The predicted molar refractivity (Wildman–Crippen MR) is 67.6 cm³/mol. The standard InChI is InChI=1S/C12H19N3O4/c1-7(2)9(12(17)18)10(16)13-5-8-6-15(3)14-11(8)19-4/h6-7,9H,5H2,1-4H3,(H,13,16)(H,17,18). The van der Waals surface area contributed by atoms with Gasteiger partial charge in [-0.25, -0.2) is 0 Å². The third-order valence-corrected chi connectivity index (χ3v) is 2.73. The molecule has 0 saturated carbocycles. The Bertz CT molecular complexity index is 468. The summed E-state index contributed by atoms with van der Waals surface area (Å²) in [6, 6.07) is 0. The number of carboxylic acids is 1. The van der Waals surface area contributed by atoms with Crippen molar-refractivity contribution in [2.75, 3.05) is 7.11 Å². The first-order chi connectivity index (χ1) is 8.86. The normalized spacial score (nSPS) is 12.3. The van der Waals surface area contributed by atoms with E-state index in [0.717, 1.165) is 0 Å². The molecule has 2 N–H and O–H groups in total. The first-order valence-electron chi connectivity index (χ1n) is 5.93. The molecule has 1 aromatic rings. The lowest BCUT2D eigenvalue weighted by Gasteiger charge is -2.15. The first kappa shape index (κ1) is 15.0. The zero-order valence-corrected chi connectivity index (χ0v) is 11.5. The van der Waals surface area contributed by atoms with Crippen LogP contribution in [0.25, 0.3) is 0 Å². The summed E-state index contributed by atoms with van der Waals surface area (Å²) in [7, 11) is 3.23. The minimum absolute atomic E-state index is 0.187. The van der Waals surface area contributed by atoms with Crippen LogP contribution in [0.5, 0.6) is 5.88 Å². The van der Waals surface area contributed by atoms with Gasteiger partial charge in [-0.05, 0) is 5.92 Å². The molecule has 7 heteroatoms. The Morgan fingerprint density at radius 3 is 2.63 bits per heavy atom. The lowest BCUT2D eigenvalue weighted by molar-refractivity contribution is -0.148. The number of aliphatic carboxylic acids is 1. The van der Waals surface area contributed by atoms with Crippen LogP contribution in [-0.4, -0.2) is 33.9 Å². The van der Waals surface area contributed by atoms with Gasteiger partial charge in [0.15, 0.2) is 0 Å². The Labute approximate surface area is 111 Å². The zero-order valence-electron chi connectivity index (χ0n) is 11.5. The maximum atomic E-state index is 11.8. The van der Waals surface area contributed by atoms with Gasteiger partial charge in [-0.2, -0.15) is 0 Å². The molecule has 0 spiro atoms. The number of nitrogens with zero attached hydrogens (tertiary/aromatic N) is 2. The summed E-state index contributed by atoms with van der Waals surface area (Å²) in [6.07, 6.45) is 1.71. The zero-order chi connectivity index (χ0) is 14.6. The highest BCUT2D eigenvalue weighted by Gasteiger charge is 2.29. The summed E-state index contributed by atoms with van der Waals surface area (Å²) < 4.78 is 6.62. The summed E-state index contributed by atoms with van der Waals surface area (Å²) >= 11 is 0. The fourth-order valence-electron chi connectivity index (χ4n) is 1.80. The lowest BCUT2D eigenvalue weighted by Crippen LogP contribution is -2.38. The third-order valence-electron chi connectivity index (χ3n) is 2.73. The minimum atomic E-state index is -1.12. The van der Waals surface area contributed by atoms with Crippen LogP contribution in [0.15, 0.2) is 6.20 Å². The van der Waals surface area contributed by atoms with Gasteiger partial charge in [-0.3, -0.25) is 14.3 Å². The van der Waals surface area contributed by atoms with E-state index < -0.39 is 17.8 Å². The van der Waals surface area contributed by atoms with E-state index in [1.807, 2.05) is 0 Å². The number of ether oxygens (including phenoxy) is 1. The molecule has 1 aromatic heterocycles. The van der Waals surface area contributed by atoms with Gasteiger partial charge in [0.25, 0.3) is 0 Å². The Morgan fingerprint density at radius 2 is 2.16 bits per heavy atom. The molecule has 1 amide bonds. The van der Waals surface area contributed by atoms with Crippen molar-refractivity contribution >= 4 is 11.9 Å². The molecule has 106 valence electrons. The Kier molecular flexibility index (Phi) is 4.91. The second-order valence-corrected chi connectivity index (χ2v) is 4.62. The van der Waals surface area contributed by atoms with E-state index in [9.17, 15) is 9.59 Å². The largest absolute Gasteiger partial charge is 0.481 e. The maximum Gasteiger partial charge on any atom is 0.316 e. The van der Waals surface area contributed by atoms with Crippen LogP contribution >= 0.6 is 0 Å². The summed E-state index contributed by atoms with van der Waals surface area (Å²) in [5.74, 6) is -2.53. The smallest absolute Gasteiger partial charge is 0.316 e. The van der Waals surface area contributed by atoms with Gasteiger partial charge in [0.05, 0.1) is 12.7 Å². The van der Waals surface area contributed by atoms with Crippen molar-refractivity contribution in [3.05, 3.63) is 11.8 Å². The van der Waals surface area contributed by atoms with Crippen LogP contribution in [-0.2, 0) is 23.2 Å². The molecular weight excluding hydrogens is 250 g/mol. The molecule has 0 aliphatic rings. The van der Waals surface area contributed by atoms with Gasteiger partial charge in [0.2, 0.25) is 11.8 Å². The van der Waals surface area contributed by atoms with Crippen molar-refractivity contribution in [1.82, 2.24) is 15.1 Å². The van der Waals surface area contributed by atoms with Gasteiger partial charge >= 0.3 is 5.97 Å². The number of hydrogen-bond donors (Lipinski definition) is 2. The number of nitrogens with one attached hydrogen (secondary N) is 1. The molecule has 0 aromatic carbocycles. The van der Waals surface area contributed by atoms with Crippen LogP contribution < -0.4 is 10.1 Å². The maximum absolute atomic E-state index is 11.8. The lowest BCUT2D eigenvalue weighted by atomic mass is 9.95. The van der Waals surface area contributed by atoms with Gasteiger partial charge < -0.3 is 15.2 Å². The Hall–Kier alpha value is -2.05. The topological polar surface area (TPSA) is 93.5 Å². The van der Waals surface area contributed by atoms with Crippen LogP contribution in [0, 0.1) is 11.8 Å². The summed E-state index contributed by atoms with van der Waals surface area (Å²) in [5, 5.41) is 15.7. The number of hydrogen-bond acceptors (Lipinski definition) is 4. The molecule has 0 aliphatic heterocycles. The average molecular weight is 269 g/mol. The molecule has 1 unspecified atom stereocenters. The molecule has 0 fully saturated rings. The number of rotatable bonds is 6. The van der Waals surface area contributed by atoms with Crippen molar-refractivity contribution in [2.45, 2.75) is 20.4 Å². The summed E-state index contributed by atoms with van der Waals surface area (Å²) in [5.41, 5.74) is 0.700. The number of amides is 1. The van der Waals surface area contributed by atoms with Crippen LogP contribution in [0.2, 0.25) is 0 Å². The monoisotopic (exact) mass is 269 g/mol. The number of aromatic nitrogens is 2. The average Bonchev–Trinajstić information content (AvgIpc) is 2.66. The van der Waals surface area contributed by atoms with Crippen molar-refractivity contribution < 1.29 is 19.4 Å². The molecular formula is C12H19N3O4. The van der Waals surface area contributed by atoms with E-state index in [4.69, 9.17) is 9.84 Å². The Balaban J connectivity index is 2.70. The number of aryl methyl sites for hydroxylation is 1. The third kappa shape index (κ3) is 3.70. The van der Waals surface area contributed by atoms with Crippen molar-refractivity contribution in [2.24, 2.45) is 18.9 Å². The second-order valence-electron chi connectivity index (χ2n) is 4.62. The summed E-state index contributed by atoms with van der Waals surface area (Å²) in [6.45, 7) is 3.58. The first-order valence-corrected chi connectivity index (χ1v) is 5.93. The van der Waals surface area contributed by atoms with Crippen LogP contribution in [0.1, 0.15) is 19.4 Å². The van der Waals surface area contributed by atoms with Crippen molar-refractivity contribution in [3.8, 4) is 5.88 Å². The molecule has 7 nitrogen and oxygen atoms in total. The molecule has 0 bridgehead atoms. The van der Waals surface area contributed by atoms with Crippen LogP contribution in [0.3, 0.4) is 0 Å². The van der Waals surface area contributed by atoms with Crippen LogP contribution in [0.4, 0.5) is 0 Å². The molecule has 0 radical (unpaired) electrons. The molecule has 1 rings (SSSR count). The predicted octanol–water partition coefficient (Wildman–Crippen LogP) is 0.402. The highest BCUT2D eigenvalue weighted by molar-refractivity contribution is 5.97. The number of carboxylic acid groups (broad SMARTS) is 1. The Morgan fingerprint density at radius 1 is 1.53 bits per heavy atom. The van der Waals surface area contributed by atoms with E-state index in [-0.39, 0.29) is 12.5 Å². The highest BCUT2D eigenvalue weighted by Crippen LogP contribution is 2.15. The van der Waals surface area contributed by atoms with Gasteiger partial charge in [-0.15, -0.1) is 5.10 Å². The van der Waals surface area contributed by atoms with E-state index in [1.54, 1.807) is 31.8 Å². The molecule has 1 atom stereocenters. The number of carbonyl (C=O) groups is 2. The second kappa shape index (κ2) is 6.21. The summed E-state index contributed by atoms with van der Waals surface area (Å²) in [4.78, 5) is 22.9. The van der Waals surface area contributed by atoms with Gasteiger partial charge in [-0.1, -0.05) is 13.8 Å². The molecule has 1 heterocycles.